The summed E-state index contributed by atoms with van der Waals surface area (Å²) in [6.45, 7) is 9.79. The van der Waals surface area contributed by atoms with Crippen LogP contribution in [0.15, 0.2) is 34.4 Å². The molecule has 39 heavy (non-hydrogen) atoms. The number of H-pyrrole nitrogens is 2. The number of imidazole rings is 1. The minimum absolute atomic E-state index is 0.0788. The first kappa shape index (κ1) is 24.1. The number of aromatic amines is 2. The molecule has 2 atom stereocenters. The lowest BCUT2D eigenvalue weighted by atomic mass is 9.98. The lowest BCUT2D eigenvalue weighted by molar-refractivity contribution is -0.127. The zero-order chi connectivity index (χ0) is 28.2. The highest BCUT2D eigenvalue weighted by Crippen LogP contribution is 2.31. The minimum Gasteiger partial charge on any atom is -0.361 e. The van der Waals surface area contributed by atoms with Gasteiger partial charge in [0.15, 0.2) is 11.1 Å². The Hall–Kier alpha value is -3.96. The Morgan fingerprint density at radius 1 is 1.33 bits per heavy atom. The summed E-state index contributed by atoms with van der Waals surface area (Å²) in [4.78, 5) is 26.5. The molecular formula is C25H27F3N10O. The lowest BCUT2D eigenvalue weighted by Gasteiger charge is -2.43. The molecule has 2 fully saturated rings. The zero-order valence-corrected chi connectivity index (χ0v) is 21.3. The number of nitrogens with one attached hydrogen (secondary N) is 2. The Morgan fingerprint density at radius 2 is 2.15 bits per heavy atom. The minimum atomic E-state index is -2.56. The van der Waals surface area contributed by atoms with Crippen molar-refractivity contribution in [2.75, 3.05) is 33.4 Å². The number of alkyl halides is 3. The number of nitrogens with zero attached hydrogens (tertiary/aromatic N) is 8. The van der Waals surface area contributed by atoms with Crippen molar-refractivity contribution in [3.63, 3.8) is 0 Å². The van der Waals surface area contributed by atoms with Gasteiger partial charge >= 0.3 is 5.66 Å². The van der Waals surface area contributed by atoms with Gasteiger partial charge < -0.3 is 14.3 Å². The second-order valence-electron chi connectivity index (χ2n) is 9.76. The number of likely N-dealkylation sites (tertiary alicyclic amines) is 1. The number of piperidine rings is 1. The Bertz CT molecular complexity index is 1780. The van der Waals surface area contributed by atoms with Crippen molar-refractivity contribution in [1.29, 1.82) is 0 Å². The third kappa shape index (κ3) is 4.31. The van der Waals surface area contributed by atoms with Crippen molar-refractivity contribution in [2.45, 2.75) is 44.2 Å². The average molecular weight is 542 g/mol. The standard InChI is InChI=1S/C25H27F3N10O/c1-14-31-19-5-4-17(32-23(19)37(14)11-20(27)28)15-6-9-38-21(15)22(29-2)34-24(35-38)33-18-7-8-36(10-16(18)26)25(30-3)12-39-13-25/h4-6,9,16,18,20H,7-8,10-13H2,1-2H3,(H2,29,33,34,35)/t16-,18+/m1/s1/i9D. The molecule has 2 N–H and O–H groups in total. The van der Waals surface area contributed by atoms with Gasteiger partial charge in [-0.2, -0.15) is 0 Å². The topological polar surface area (TPSA) is 108 Å². The Morgan fingerprint density at radius 3 is 2.82 bits per heavy atom. The summed E-state index contributed by atoms with van der Waals surface area (Å²) in [7, 11) is 1.58. The molecule has 2 aliphatic heterocycles. The normalized spacial score (nSPS) is 22.9. The predicted octanol–water partition coefficient (Wildman–Crippen LogP) is 2.07. The maximum atomic E-state index is 15.2. The molecular weight excluding hydrogens is 513 g/mol. The quantitative estimate of drug-likeness (QED) is 0.377. The number of rotatable bonds is 5. The van der Waals surface area contributed by atoms with E-state index >= 15 is 4.39 Å². The molecule has 0 amide bonds. The van der Waals surface area contributed by atoms with Crippen molar-refractivity contribution in [1.82, 2.24) is 34.0 Å². The number of fused-ring (bicyclic) bond motifs is 2. The van der Waals surface area contributed by atoms with Gasteiger partial charge in [-0.3, -0.25) is 19.5 Å². The Kier molecular flexibility index (Phi) is 5.97. The van der Waals surface area contributed by atoms with Crippen molar-refractivity contribution in [3.05, 3.63) is 52.7 Å². The predicted molar refractivity (Wildman–Crippen MR) is 135 cm³/mol. The molecule has 11 nitrogen and oxygen atoms in total. The highest BCUT2D eigenvalue weighted by atomic mass is 19.3. The first-order valence-corrected chi connectivity index (χ1v) is 12.5. The van der Waals surface area contributed by atoms with Crippen molar-refractivity contribution in [2.24, 2.45) is 9.98 Å². The van der Waals surface area contributed by atoms with E-state index in [-0.39, 0.29) is 31.5 Å². The van der Waals surface area contributed by atoms with Gasteiger partial charge in [0, 0.05) is 31.9 Å². The zero-order valence-electron chi connectivity index (χ0n) is 22.3. The summed E-state index contributed by atoms with van der Waals surface area (Å²) in [5.41, 5.74) is 2.18. The van der Waals surface area contributed by atoms with Crippen LogP contribution in [-0.4, -0.2) is 91.7 Å². The molecule has 2 saturated heterocycles. The summed E-state index contributed by atoms with van der Waals surface area (Å²) >= 11 is 0. The molecule has 0 bridgehead atoms. The molecule has 0 spiro atoms. The molecule has 4 aromatic heterocycles. The third-order valence-corrected chi connectivity index (χ3v) is 7.36. The van der Waals surface area contributed by atoms with Crippen molar-refractivity contribution < 1.29 is 19.3 Å². The van der Waals surface area contributed by atoms with E-state index in [1.807, 2.05) is 4.90 Å². The molecule has 0 aliphatic carbocycles. The maximum Gasteiger partial charge on any atom is 0.334 e. The van der Waals surface area contributed by atoms with Crippen LogP contribution in [0.3, 0.4) is 0 Å². The van der Waals surface area contributed by atoms with E-state index in [2.05, 4.69) is 34.9 Å². The van der Waals surface area contributed by atoms with Crippen LogP contribution >= 0.6 is 0 Å². The monoisotopic (exact) mass is 541 g/mol. The van der Waals surface area contributed by atoms with E-state index < -0.39 is 30.8 Å². The maximum absolute atomic E-state index is 15.2. The van der Waals surface area contributed by atoms with E-state index in [1.54, 1.807) is 32.2 Å². The van der Waals surface area contributed by atoms with E-state index in [0.29, 0.717) is 52.2 Å². The number of aryl methyl sites for hydroxylation is 1. The van der Waals surface area contributed by atoms with E-state index in [9.17, 15) is 8.78 Å². The van der Waals surface area contributed by atoms with Crippen molar-refractivity contribution in [3.8, 4) is 11.3 Å². The molecule has 6 heterocycles. The fourth-order valence-corrected chi connectivity index (χ4v) is 5.23. The first-order chi connectivity index (χ1) is 19.2. The van der Waals surface area contributed by atoms with Gasteiger partial charge in [0.25, 0.3) is 6.43 Å². The molecule has 4 aromatic rings. The van der Waals surface area contributed by atoms with Crippen LogP contribution in [0.2, 0.25) is 0 Å². The third-order valence-electron chi connectivity index (χ3n) is 7.36. The first-order valence-electron chi connectivity index (χ1n) is 13.0. The smallest absolute Gasteiger partial charge is 0.334 e. The van der Waals surface area contributed by atoms with Gasteiger partial charge in [0.05, 0.1) is 19.7 Å². The lowest BCUT2D eigenvalue weighted by Crippen LogP contribution is -2.64. The van der Waals surface area contributed by atoms with Crippen LogP contribution in [-0.2, 0) is 11.3 Å². The number of pyridine rings is 1. The van der Waals surface area contributed by atoms with Crippen LogP contribution < -0.4 is 11.1 Å². The second kappa shape index (κ2) is 9.65. The summed E-state index contributed by atoms with van der Waals surface area (Å²) in [6.07, 6.45) is -3.36. The molecule has 0 unspecified atom stereocenters. The van der Waals surface area contributed by atoms with E-state index in [1.165, 1.54) is 9.08 Å². The van der Waals surface area contributed by atoms with E-state index in [0.717, 1.165) is 0 Å². The number of hydrogen-bond donors (Lipinski definition) is 2. The number of hydrogen-bond acceptors (Lipinski definition) is 6. The van der Waals surface area contributed by atoms with Crippen LogP contribution in [0.1, 0.15) is 13.6 Å². The molecule has 204 valence electrons. The summed E-state index contributed by atoms with van der Waals surface area (Å²) < 4.78 is 58.3. The van der Waals surface area contributed by atoms with Gasteiger partial charge in [0.2, 0.25) is 5.62 Å². The highest BCUT2D eigenvalue weighted by Gasteiger charge is 2.53. The fourth-order valence-electron chi connectivity index (χ4n) is 5.23. The summed E-state index contributed by atoms with van der Waals surface area (Å²) in [6, 6.07) is 4.37. The molecule has 14 heteroatoms. The molecule has 2 aliphatic rings. The number of ether oxygens (including phenoxy) is 1. The van der Waals surface area contributed by atoms with Gasteiger partial charge in [-0.15, -0.1) is 0 Å². The number of halogens is 3. The van der Waals surface area contributed by atoms with Gasteiger partial charge in [-0.05, 0) is 31.5 Å². The SMILES string of the molecule is [2H]c1cc(-c2ccc3nc(C)n(CC(F)F)c3n2)c2c(=NC)[nH]c(=N[C@H]3CCN(C4([N+]#[C-])COC4)C[C@H]3F)[nH]n12. The van der Waals surface area contributed by atoms with Gasteiger partial charge in [-0.1, -0.05) is 0 Å². The second-order valence-corrected chi connectivity index (χ2v) is 9.76. The van der Waals surface area contributed by atoms with Crippen molar-refractivity contribution >= 4 is 16.7 Å². The fraction of sp³-hybridized carbons (Fsp3) is 0.480. The molecule has 6 rings (SSSR count). The average Bonchev–Trinajstić information content (AvgIpc) is 3.40. The van der Waals surface area contributed by atoms with Crippen LogP contribution in [0.5, 0.6) is 0 Å². The number of aromatic nitrogens is 6. The van der Waals surface area contributed by atoms with E-state index in [4.69, 9.17) is 12.7 Å². The Balaban J connectivity index is 1.38. The van der Waals surface area contributed by atoms with Gasteiger partial charge in [0.1, 0.15) is 36.2 Å². The van der Waals surface area contributed by atoms with Crippen LogP contribution in [0.25, 0.3) is 32.8 Å². The van der Waals surface area contributed by atoms with Crippen LogP contribution in [0, 0.1) is 13.5 Å². The molecule has 0 saturated carbocycles. The van der Waals surface area contributed by atoms with Crippen LogP contribution in [0.4, 0.5) is 13.2 Å². The van der Waals surface area contributed by atoms with Gasteiger partial charge in [-0.25, -0.2) is 39.6 Å². The highest BCUT2D eigenvalue weighted by molar-refractivity contribution is 5.82. The Labute approximate surface area is 221 Å². The largest absolute Gasteiger partial charge is 0.361 e. The molecule has 0 aromatic carbocycles. The molecule has 0 radical (unpaired) electrons. The summed E-state index contributed by atoms with van der Waals surface area (Å²) in [5, 5.41) is 3.04. The summed E-state index contributed by atoms with van der Waals surface area (Å²) in [5.74, 6) is 0.433.